The molecule has 94 valence electrons. The molecule has 0 fully saturated rings. The van der Waals surface area contributed by atoms with Gasteiger partial charge in [0.2, 0.25) is 0 Å². The minimum absolute atomic E-state index is 0.442. The largest absolute Gasteiger partial charge is 0.480 e. The molecule has 2 aromatic rings. The Morgan fingerprint density at radius 2 is 2.17 bits per heavy atom. The minimum atomic E-state index is -0.829. The number of fused-ring (bicyclic) bond motifs is 1. The molecule has 0 saturated heterocycles. The van der Waals surface area contributed by atoms with Crippen molar-refractivity contribution in [3.8, 4) is 0 Å². The maximum absolute atomic E-state index is 11.1. The highest BCUT2D eigenvalue weighted by Gasteiger charge is 2.17. The Morgan fingerprint density at radius 1 is 1.39 bits per heavy atom. The number of rotatable bonds is 5. The van der Waals surface area contributed by atoms with Crippen molar-refractivity contribution in [2.24, 2.45) is 0 Å². The fourth-order valence-electron chi connectivity index (χ4n) is 2.05. The Bertz CT molecular complexity index is 549. The second-order valence-corrected chi connectivity index (χ2v) is 4.17. The van der Waals surface area contributed by atoms with Crippen molar-refractivity contribution in [1.29, 1.82) is 0 Å². The highest BCUT2D eigenvalue weighted by Crippen LogP contribution is 2.18. The first-order valence-electron chi connectivity index (χ1n) is 6.00. The molecule has 2 N–H and O–H groups in total. The fourth-order valence-corrected chi connectivity index (χ4v) is 2.05. The summed E-state index contributed by atoms with van der Waals surface area (Å²) in [4.78, 5) is 15.3. The Labute approximate surface area is 106 Å². The predicted molar refractivity (Wildman–Crippen MR) is 70.5 cm³/mol. The van der Waals surface area contributed by atoms with Crippen molar-refractivity contribution >= 4 is 16.7 Å². The van der Waals surface area contributed by atoms with Gasteiger partial charge in [0.05, 0.1) is 0 Å². The third-order valence-electron chi connectivity index (χ3n) is 2.92. The number of likely N-dealkylation sites (N-methyl/N-ethyl adjacent to an activating group) is 1. The van der Waals surface area contributed by atoms with Gasteiger partial charge in [0.1, 0.15) is 6.04 Å². The standard InChI is InChI=1S/C14H16N2O2/c1-2-16-13(14(17)18)7-11-9-15-8-10-5-3-4-6-12(10)11/h3-6,8-9,13,16H,2,7H2,1H3,(H,17,18). The van der Waals surface area contributed by atoms with Crippen LogP contribution in [0.15, 0.2) is 36.7 Å². The second-order valence-electron chi connectivity index (χ2n) is 4.17. The number of aromatic nitrogens is 1. The molecule has 0 aliphatic rings. The van der Waals surface area contributed by atoms with Crippen LogP contribution in [-0.2, 0) is 11.2 Å². The third-order valence-corrected chi connectivity index (χ3v) is 2.92. The number of carboxylic acid groups (broad SMARTS) is 1. The van der Waals surface area contributed by atoms with Gasteiger partial charge in [-0.3, -0.25) is 9.78 Å². The topological polar surface area (TPSA) is 62.2 Å². The number of hydrogen-bond donors (Lipinski definition) is 2. The molecule has 0 radical (unpaired) electrons. The number of aliphatic carboxylic acids is 1. The monoisotopic (exact) mass is 244 g/mol. The Hall–Kier alpha value is -1.94. The zero-order valence-corrected chi connectivity index (χ0v) is 10.3. The van der Waals surface area contributed by atoms with E-state index in [1.807, 2.05) is 31.2 Å². The summed E-state index contributed by atoms with van der Waals surface area (Å²) in [5, 5.41) is 14.2. The number of carboxylic acids is 1. The second kappa shape index (κ2) is 5.60. The van der Waals surface area contributed by atoms with E-state index >= 15 is 0 Å². The lowest BCUT2D eigenvalue weighted by Crippen LogP contribution is -2.38. The molecule has 4 nitrogen and oxygen atoms in total. The molecule has 1 aromatic carbocycles. The van der Waals surface area contributed by atoms with Gasteiger partial charge in [-0.15, -0.1) is 0 Å². The molecule has 0 bridgehead atoms. The van der Waals surface area contributed by atoms with Gasteiger partial charge in [-0.2, -0.15) is 0 Å². The van der Waals surface area contributed by atoms with Crippen molar-refractivity contribution in [3.05, 3.63) is 42.2 Å². The van der Waals surface area contributed by atoms with Crippen LogP contribution in [0.4, 0.5) is 0 Å². The van der Waals surface area contributed by atoms with Gasteiger partial charge in [-0.05, 0) is 17.5 Å². The van der Waals surface area contributed by atoms with E-state index in [1.54, 1.807) is 12.4 Å². The molecule has 2 rings (SSSR count). The maximum atomic E-state index is 11.1. The quantitative estimate of drug-likeness (QED) is 0.842. The first kappa shape index (κ1) is 12.5. The van der Waals surface area contributed by atoms with Crippen molar-refractivity contribution < 1.29 is 9.90 Å². The summed E-state index contributed by atoms with van der Waals surface area (Å²) in [5.41, 5.74) is 0.960. The lowest BCUT2D eigenvalue weighted by atomic mass is 10.0. The number of nitrogens with one attached hydrogen (secondary N) is 1. The first-order valence-corrected chi connectivity index (χ1v) is 6.00. The number of pyridine rings is 1. The average molecular weight is 244 g/mol. The lowest BCUT2D eigenvalue weighted by Gasteiger charge is -2.14. The van der Waals surface area contributed by atoms with Crippen LogP contribution in [0.2, 0.25) is 0 Å². The Morgan fingerprint density at radius 3 is 2.89 bits per heavy atom. The van der Waals surface area contributed by atoms with E-state index in [9.17, 15) is 4.79 Å². The highest BCUT2D eigenvalue weighted by atomic mass is 16.4. The lowest BCUT2D eigenvalue weighted by molar-refractivity contribution is -0.139. The van der Waals surface area contributed by atoms with Crippen LogP contribution in [0.25, 0.3) is 10.8 Å². The zero-order chi connectivity index (χ0) is 13.0. The van der Waals surface area contributed by atoms with E-state index < -0.39 is 12.0 Å². The van der Waals surface area contributed by atoms with Gasteiger partial charge in [0.15, 0.2) is 0 Å². The SMILES string of the molecule is CCNC(Cc1cncc2ccccc12)C(=O)O. The molecule has 0 saturated carbocycles. The molecule has 4 heteroatoms. The summed E-state index contributed by atoms with van der Waals surface area (Å²) in [7, 11) is 0. The molecule has 0 amide bonds. The molecule has 0 spiro atoms. The zero-order valence-electron chi connectivity index (χ0n) is 10.3. The normalized spacial score (nSPS) is 12.5. The predicted octanol–water partition coefficient (Wildman–Crippen LogP) is 1.84. The molecule has 0 aliphatic carbocycles. The van der Waals surface area contributed by atoms with Gasteiger partial charge in [0, 0.05) is 24.2 Å². The molecule has 1 heterocycles. The van der Waals surface area contributed by atoms with Crippen molar-refractivity contribution in [3.63, 3.8) is 0 Å². The minimum Gasteiger partial charge on any atom is -0.480 e. The van der Waals surface area contributed by atoms with Gasteiger partial charge in [0.25, 0.3) is 0 Å². The van der Waals surface area contributed by atoms with Gasteiger partial charge in [-0.1, -0.05) is 31.2 Å². The van der Waals surface area contributed by atoms with Gasteiger partial charge in [-0.25, -0.2) is 0 Å². The fraction of sp³-hybridized carbons (Fsp3) is 0.286. The van der Waals surface area contributed by atoms with Gasteiger partial charge < -0.3 is 10.4 Å². The summed E-state index contributed by atoms with van der Waals surface area (Å²) in [5.74, 6) is -0.829. The van der Waals surface area contributed by atoms with Crippen molar-refractivity contribution in [2.45, 2.75) is 19.4 Å². The van der Waals surface area contributed by atoms with E-state index in [0.29, 0.717) is 13.0 Å². The van der Waals surface area contributed by atoms with Crippen LogP contribution < -0.4 is 5.32 Å². The van der Waals surface area contributed by atoms with E-state index in [1.165, 1.54) is 0 Å². The molecule has 1 atom stereocenters. The van der Waals surface area contributed by atoms with E-state index in [4.69, 9.17) is 5.11 Å². The molecular weight excluding hydrogens is 228 g/mol. The summed E-state index contributed by atoms with van der Waals surface area (Å²) >= 11 is 0. The molecule has 0 aliphatic heterocycles. The van der Waals surface area contributed by atoms with Crippen LogP contribution in [0.1, 0.15) is 12.5 Å². The van der Waals surface area contributed by atoms with Gasteiger partial charge >= 0.3 is 5.97 Å². The van der Waals surface area contributed by atoms with Crippen LogP contribution in [0.3, 0.4) is 0 Å². The van der Waals surface area contributed by atoms with E-state index in [-0.39, 0.29) is 0 Å². The maximum Gasteiger partial charge on any atom is 0.321 e. The number of nitrogens with zero attached hydrogens (tertiary/aromatic N) is 1. The van der Waals surface area contributed by atoms with Crippen LogP contribution in [0.5, 0.6) is 0 Å². The Balaban J connectivity index is 2.33. The number of benzene rings is 1. The first-order chi connectivity index (χ1) is 8.72. The van der Waals surface area contributed by atoms with Crippen molar-refractivity contribution in [1.82, 2.24) is 10.3 Å². The summed E-state index contributed by atoms with van der Waals surface area (Å²) in [6.45, 7) is 2.53. The molecule has 1 aromatic heterocycles. The third kappa shape index (κ3) is 2.65. The summed E-state index contributed by atoms with van der Waals surface area (Å²) in [6.07, 6.45) is 3.98. The van der Waals surface area contributed by atoms with E-state index in [2.05, 4.69) is 10.3 Å². The number of carbonyl (C=O) groups is 1. The molecule has 1 unspecified atom stereocenters. The average Bonchev–Trinajstić information content (AvgIpc) is 2.38. The summed E-state index contributed by atoms with van der Waals surface area (Å²) in [6, 6.07) is 7.32. The van der Waals surface area contributed by atoms with Crippen LogP contribution >= 0.6 is 0 Å². The number of hydrogen-bond acceptors (Lipinski definition) is 3. The highest BCUT2D eigenvalue weighted by molar-refractivity contribution is 5.85. The van der Waals surface area contributed by atoms with Crippen LogP contribution in [-0.4, -0.2) is 28.6 Å². The molecule has 18 heavy (non-hydrogen) atoms. The van der Waals surface area contributed by atoms with E-state index in [0.717, 1.165) is 16.3 Å². The van der Waals surface area contributed by atoms with Crippen LogP contribution in [0, 0.1) is 0 Å². The molecular formula is C14H16N2O2. The Kier molecular flexibility index (Phi) is 3.89. The summed E-state index contributed by atoms with van der Waals surface area (Å²) < 4.78 is 0. The smallest absolute Gasteiger partial charge is 0.321 e. The van der Waals surface area contributed by atoms with Crippen molar-refractivity contribution in [2.75, 3.05) is 6.54 Å².